The van der Waals surface area contributed by atoms with Gasteiger partial charge in [-0.2, -0.15) is 0 Å². The standard InChI is InChI=1S/C22H34N2O3/c1-5-7-14-27-22(26)19-12-9-13-24(6-2,15-19)16-20(25)23-21-17(3)10-8-11-18(21)4/h8,10-11,19H,5-7,9,12-16H2,1-4H3/p+1. The molecule has 0 bridgehead atoms. The summed E-state index contributed by atoms with van der Waals surface area (Å²) < 4.78 is 6.10. The number of amides is 1. The third kappa shape index (κ3) is 5.80. The van der Waals surface area contributed by atoms with Gasteiger partial charge < -0.3 is 14.5 Å². The lowest BCUT2D eigenvalue weighted by molar-refractivity contribution is -0.925. The van der Waals surface area contributed by atoms with Crippen LogP contribution in [-0.4, -0.2) is 49.1 Å². The minimum Gasteiger partial charge on any atom is -0.465 e. The number of para-hydroxylation sites is 1. The van der Waals surface area contributed by atoms with Crippen molar-refractivity contribution in [1.29, 1.82) is 0 Å². The van der Waals surface area contributed by atoms with E-state index in [1.807, 2.05) is 32.0 Å². The van der Waals surface area contributed by atoms with Crippen LogP contribution in [0.3, 0.4) is 0 Å². The van der Waals surface area contributed by atoms with Gasteiger partial charge in [0.1, 0.15) is 5.92 Å². The number of likely N-dealkylation sites (tertiary alicyclic amines) is 1. The zero-order chi connectivity index (χ0) is 19.9. The molecule has 1 amide bonds. The summed E-state index contributed by atoms with van der Waals surface area (Å²) in [7, 11) is 0. The van der Waals surface area contributed by atoms with Crippen LogP contribution in [0.15, 0.2) is 18.2 Å². The van der Waals surface area contributed by atoms with Gasteiger partial charge >= 0.3 is 5.97 Å². The summed E-state index contributed by atoms with van der Waals surface area (Å²) in [4.78, 5) is 25.2. The van der Waals surface area contributed by atoms with Crippen LogP contribution >= 0.6 is 0 Å². The maximum atomic E-state index is 12.8. The minimum atomic E-state index is -0.0939. The summed E-state index contributed by atoms with van der Waals surface area (Å²) >= 11 is 0. The van der Waals surface area contributed by atoms with E-state index in [0.717, 1.165) is 55.6 Å². The molecule has 1 fully saturated rings. The zero-order valence-electron chi connectivity index (χ0n) is 17.3. The highest BCUT2D eigenvalue weighted by Crippen LogP contribution is 2.26. The fourth-order valence-electron chi connectivity index (χ4n) is 3.99. The van der Waals surface area contributed by atoms with E-state index in [4.69, 9.17) is 4.74 Å². The molecule has 5 nitrogen and oxygen atoms in total. The highest BCUT2D eigenvalue weighted by Gasteiger charge is 2.39. The maximum Gasteiger partial charge on any atom is 0.314 e. The normalized spacial score (nSPS) is 22.3. The van der Waals surface area contributed by atoms with Gasteiger partial charge in [-0.25, -0.2) is 0 Å². The largest absolute Gasteiger partial charge is 0.465 e. The molecular formula is C22H35N2O3+. The number of piperidine rings is 1. The second-order valence-corrected chi connectivity index (χ2v) is 7.90. The highest BCUT2D eigenvalue weighted by molar-refractivity contribution is 5.93. The number of aryl methyl sites for hydroxylation is 2. The van der Waals surface area contributed by atoms with Crippen molar-refractivity contribution in [2.75, 3.05) is 38.1 Å². The highest BCUT2D eigenvalue weighted by atomic mass is 16.5. The number of carbonyl (C=O) groups is 2. The van der Waals surface area contributed by atoms with Crippen LogP contribution < -0.4 is 5.32 Å². The monoisotopic (exact) mass is 375 g/mol. The Morgan fingerprint density at radius 2 is 1.93 bits per heavy atom. The lowest BCUT2D eigenvalue weighted by atomic mass is 9.95. The van der Waals surface area contributed by atoms with Gasteiger partial charge in [0.05, 0.1) is 26.2 Å². The second-order valence-electron chi connectivity index (χ2n) is 7.90. The van der Waals surface area contributed by atoms with E-state index in [9.17, 15) is 9.59 Å². The molecule has 1 aliphatic heterocycles. The molecule has 0 aliphatic carbocycles. The molecule has 1 aromatic carbocycles. The molecule has 1 aromatic rings. The summed E-state index contributed by atoms with van der Waals surface area (Å²) in [6.07, 6.45) is 3.75. The van der Waals surface area contributed by atoms with Gasteiger partial charge in [0.2, 0.25) is 0 Å². The predicted molar refractivity (Wildman–Crippen MR) is 109 cm³/mol. The number of benzene rings is 1. The van der Waals surface area contributed by atoms with E-state index in [1.165, 1.54) is 0 Å². The quantitative estimate of drug-likeness (QED) is 0.427. The molecule has 2 unspecified atom stereocenters. The fraction of sp³-hybridized carbons (Fsp3) is 0.636. The van der Waals surface area contributed by atoms with Crippen molar-refractivity contribution in [2.45, 2.75) is 53.4 Å². The lowest BCUT2D eigenvalue weighted by Crippen LogP contribution is -2.58. The minimum absolute atomic E-state index is 0.0225. The Kier molecular flexibility index (Phi) is 7.84. The first kappa shape index (κ1) is 21.4. The van der Waals surface area contributed by atoms with Crippen molar-refractivity contribution in [3.8, 4) is 0 Å². The Labute approximate surface area is 163 Å². The molecule has 1 heterocycles. The number of esters is 1. The molecule has 0 saturated carbocycles. The predicted octanol–water partition coefficient (Wildman–Crippen LogP) is 3.83. The molecule has 150 valence electrons. The number of ether oxygens (including phenoxy) is 1. The maximum absolute atomic E-state index is 12.8. The van der Waals surface area contributed by atoms with Crippen LogP contribution in [0.1, 0.15) is 50.7 Å². The van der Waals surface area contributed by atoms with Crippen molar-refractivity contribution in [3.63, 3.8) is 0 Å². The molecule has 27 heavy (non-hydrogen) atoms. The Balaban J connectivity index is 2.01. The summed E-state index contributed by atoms with van der Waals surface area (Å²) in [6, 6.07) is 6.02. The SMILES string of the molecule is CCCCOC(=O)C1CCC[N+](CC)(CC(=O)Nc2c(C)cccc2C)C1. The molecule has 5 heteroatoms. The number of nitrogens with zero attached hydrogens (tertiary/aromatic N) is 1. The van der Waals surface area contributed by atoms with Crippen molar-refractivity contribution in [3.05, 3.63) is 29.3 Å². The van der Waals surface area contributed by atoms with Crippen molar-refractivity contribution < 1.29 is 18.8 Å². The Morgan fingerprint density at radius 1 is 1.22 bits per heavy atom. The Bertz CT molecular complexity index is 639. The Hall–Kier alpha value is -1.88. The van der Waals surface area contributed by atoms with Crippen LogP contribution in [0.4, 0.5) is 5.69 Å². The van der Waals surface area contributed by atoms with E-state index in [2.05, 4.69) is 19.2 Å². The van der Waals surface area contributed by atoms with E-state index < -0.39 is 0 Å². The van der Waals surface area contributed by atoms with Crippen LogP contribution in [-0.2, 0) is 14.3 Å². The van der Waals surface area contributed by atoms with Crippen LogP contribution in [0.25, 0.3) is 0 Å². The molecule has 2 rings (SSSR count). The number of rotatable bonds is 8. The number of quaternary nitrogens is 1. The molecule has 1 N–H and O–H groups in total. The van der Waals surface area contributed by atoms with Crippen LogP contribution in [0.5, 0.6) is 0 Å². The number of carbonyl (C=O) groups excluding carboxylic acids is 2. The molecular weight excluding hydrogens is 340 g/mol. The number of nitrogens with one attached hydrogen (secondary N) is 1. The fourth-order valence-corrected chi connectivity index (χ4v) is 3.99. The number of unbranched alkanes of at least 4 members (excludes halogenated alkanes) is 1. The van der Waals surface area contributed by atoms with Gasteiger partial charge in [0.15, 0.2) is 6.54 Å². The smallest absolute Gasteiger partial charge is 0.314 e. The molecule has 1 saturated heterocycles. The van der Waals surface area contributed by atoms with Gasteiger partial charge in [-0.1, -0.05) is 31.5 Å². The third-order valence-electron chi connectivity index (χ3n) is 5.76. The number of anilines is 1. The van der Waals surface area contributed by atoms with Gasteiger partial charge in [-0.15, -0.1) is 0 Å². The average molecular weight is 376 g/mol. The zero-order valence-corrected chi connectivity index (χ0v) is 17.3. The summed E-state index contributed by atoms with van der Waals surface area (Å²) in [5.41, 5.74) is 3.05. The number of likely N-dealkylation sites (N-methyl/N-ethyl adjacent to an activating group) is 1. The van der Waals surface area contributed by atoms with Gasteiger partial charge in [0, 0.05) is 5.69 Å². The first-order chi connectivity index (χ1) is 12.9. The molecule has 2 atom stereocenters. The van der Waals surface area contributed by atoms with E-state index >= 15 is 0 Å². The van der Waals surface area contributed by atoms with E-state index in [-0.39, 0.29) is 17.8 Å². The third-order valence-corrected chi connectivity index (χ3v) is 5.76. The number of hydrogen-bond acceptors (Lipinski definition) is 3. The topological polar surface area (TPSA) is 55.4 Å². The van der Waals surface area contributed by atoms with E-state index in [1.54, 1.807) is 0 Å². The second kappa shape index (κ2) is 9.88. The van der Waals surface area contributed by atoms with Crippen molar-refractivity contribution in [1.82, 2.24) is 0 Å². The van der Waals surface area contributed by atoms with Gasteiger partial charge in [0.25, 0.3) is 5.91 Å². The molecule has 0 spiro atoms. The number of hydrogen-bond donors (Lipinski definition) is 1. The van der Waals surface area contributed by atoms with Gasteiger partial charge in [-0.3, -0.25) is 9.59 Å². The molecule has 1 aliphatic rings. The Morgan fingerprint density at radius 3 is 2.56 bits per heavy atom. The van der Waals surface area contributed by atoms with E-state index in [0.29, 0.717) is 24.2 Å². The van der Waals surface area contributed by atoms with Crippen molar-refractivity contribution >= 4 is 17.6 Å². The lowest BCUT2D eigenvalue weighted by Gasteiger charge is -2.42. The summed E-state index contributed by atoms with van der Waals surface area (Å²) in [5, 5.41) is 3.10. The van der Waals surface area contributed by atoms with Crippen LogP contribution in [0, 0.1) is 19.8 Å². The molecule has 0 aromatic heterocycles. The van der Waals surface area contributed by atoms with Crippen molar-refractivity contribution in [2.24, 2.45) is 5.92 Å². The first-order valence-corrected chi connectivity index (χ1v) is 10.3. The molecule has 0 radical (unpaired) electrons. The van der Waals surface area contributed by atoms with Crippen LogP contribution in [0.2, 0.25) is 0 Å². The average Bonchev–Trinajstić information content (AvgIpc) is 2.65. The first-order valence-electron chi connectivity index (χ1n) is 10.3. The summed E-state index contributed by atoms with van der Waals surface area (Å²) in [5.74, 6) is -0.160. The van der Waals surface area contributed by atoms with Gasteiger partial charge in [-0.05, 0) is 51.2 Å². The summed E-state index contributed by atoms with van der Waals surface area (Å²) in [6.45, 7) is 11.6.